The van der Waals surface area contributed by atoms with E-state index in [1.165, 1.54) is 11.8 Å². The van der Waals surface area contributed by atoms with Crippen molar-refractivity contribution in [3.8, 4) is 23.3 Å². The van der Waals surface area contributed by atoms with Crippen LogP contribution in [0.25, 0.3) is 0 Å². The summed E-state index contributed by atoms with van der Waals surface area (Å²) >= 11 is 1.51. The van der Waals surface area contributed by atoms with Crippen LogP contribution in [0.2, 0.25) is 0 Å². The molecule has 2 aliphatic heterocycles. The van der Waals surface area contributed by atoms with E-state index in [9.17, 15) is 10.1 Å². The van der Waals surface area contributed by atoms with Gasteiger partial charge >= 0.3 is 0 Å². The quantitative estimate of drug-likeness (QED) is 0.701. The highest BCUT2D eigenvalue weighted by molar-refractivity contribution is 8.03. The van der Waals surface area contributed by atoms with E-state index in [4.69, 9.17) is 14.2 Å². The third-order valence-electron chi connectivity index (χ3n) is 5.55. The lowest BCUT2D eigenvalue weighted by Crippen LogP contribution is -2.47. The van der Waals surface area contributed by atoms with Gasteiger partial charge in [0.15, 0.2) is 0 Å². The molecule has 0 saturated carbocycles. The molecule has 0 aromatic heterocycles. The van der Waals surface area contributed by atoms with Crippen LogP contribution in [-0.4, -0.2) is 44.7 Å². The molecule has 0 spiro atoms. The highest BCUT2D eigenvalue weighted by Gasteiger charge is 2.39. The molecular formula is C23H23N3O4S. The van der Waals surface area contributed by atoms with Crippen LogP contribution in [0.4, 0.5) is 5.69 Å². The summed E-state index contributed by atoms with van der Waals surface area (Å²) in [4.78, 5) is 16.9. The Balaban J connectivity index is 1.66. The van der Waals surface area contributed by atoms with Gasteiger partial charge in [-0.2, -0.15) is 5.26 Å². The first-order chi connectivity index (χ1) is 15.1. The first-order valence-electron chi connectivity index (χ1n) is 9.78. The van der Waals surface area contributed by atoms with Crippen LogP contribution < -0.4 is 19.1 Å². The smallest absolute Gasteiger partial charge is 0.229 e. The van der Waals surface area contributed by atoms with Crippen LogP contribution in [-0.2, 0) is 4.79 Å². The molecule has 31 heavy (non-hydrogen) atoms. The second-order valence-corrected chi connectivity index (χ2v) is 8.10. The first kappa shape index (κ1) is 20.9. The number of thioether (sulfide) groups is 1. The Morgan fingerprint density at radius 1 is 1.03 bits per heavy atom. The molecule has 1 atom stereocenters. The largest absolute Gasteiger partial charge is 0.497 e. The van der Waals surface area contributed by atoms with Gasteiger partial charge in [-0.3, -0.25) is 9.69 Å². The highest BCUT2D eigenvalue weighted by Crippen LogP contribution is 2.45. The van der Waals surface area contributed by atoms with Crippen molar-refractivity contribution in [3.63, 3.8) is 0 Å². The first-order valence-corrected chi connectivity index (χ1v) is 10.8. The van der Waals surface area contributed by atoms with E-state index in [2.05, 4.69) is 11.0 Å². The molecular weight excluding hydrogens is 414 g/mol. The molecule has 0 radical (unpaired) electrons. The summed E-state index contributed by atoms with van der Waals surface area (Å²) in [5, 5.41) is 10.7. The zero-order valence-corrected chi connectivity index (χ0v) is 18.4. The number of rotatable bonds is 5. The summed E-state index contributed by atoms with van der Waals surface area (Å²) in [6, 6.07) is 15.6. The van der Waals surface area contributed by atoms with Crippen LogP contribution in [0.3, 0.4) is 0 Å². The minimum Gasteiger partial charge on any atom is -0.497 e. The Hall–Kier alpha value is -3.31. The van der Waals surface area contributed by atoms with E-state index in [1.54, 1.807) is 32.3 Å². The van der Waals surface area contributed by atoms with Gasteiger partial charge in [-0.1, -0.05) is 17.8 Å². The number of benzene rings is 2. The van der Waals surface area contributed by atoms with Gasteiger partial charge < -0.3 is 19.1 Å². The van der Waals surface area contributed by atoms with E-state index in [1.807, 2.05) is 36.4 Å². The molecule has 0 aliphatic carbocycles. The number of hydrogen-bond acceptors (Lipinski definition) is 7. The van der Waals surface area contributed by atoms with Crippen LogP contribution >= 0.6 is 11.8 Å². The maximum Gasteiger partial charge on any atom is 0.229 e. The number of methoxy groups -OCH3 is 3. The lowest BCUT2D eigenvalue weighted by Gasteiger charge is -2.42. The van der Waals surface area contributed by atoms with Crippen molar-refractivity contribution < 1.29 is 19.0 Å². The fourth-order valence-corrected chi connectivity index (χ4v) is 5.06. The number of hydrogen-bond donors (Lipinski definition) is 0. The third-order valence-corrected chi connectivity index (χ3v) is 6.70. The lowest BCUT2D eigenvalue weighted by molar-refractivity contribution is -0.129. The van der Waals surface area contributed by atoms with E-state index in [0.717, 1.165) is 22.0 Å². The molecule has 0 N–H and O–H groups in total. The van der Waals surface area contributed by atoms with Crippen LogP contribution in [0.1, 0.15) is 17.9 Å². The van der Waals surface area contributed by atoms with Crippen molar-refractivity contribution in [3.05, 3.63) is 58.6 Å². The number of amides is 1. The highest BCUT2D eigenvalue weighted by atomic mass is 32.2. The molecule has 2 aliphatic rings. The topological polar surface area (TPSA) is 75.0 Å². The summed E-state index contributed by atoms with van der Waals surface area (Å²) in [5.74, 6) is 2.35. The molecule has 2 aromatic carbocycles. The molecule has 1 amide bonds. The summed E-state index contributed by atoms with van der Waals surface area (Å²) < 4.78 is 16.0. The fourth-order valence-electron chi connectivity index (χ4n) is 3.89. The van der Waals surface area contributed by atoms with Crippen molar-refractivity contribution in [2.75, 3.05) is 38.8 Å². The normalized spacial score (nSPS) is 18.4. The summed E-state index contributed by atoms with van der Waals surface area (Å²) in [6.45, 7) is 0.408. The second-order valence-electron chi connectivity index (χ2n) is 7.17. The van der Waals surface area contributed by atoms with E-state index >= 15 is 0 Å². The number of nitrogens with zero attached hydrogens (tertiary/aromatic N) is 3. The Labute approximate surface area is 185 Å². The Bertz CT molecular complexity index is 1060. The molecule has 2 heterocycles. The average molecular weight is 438 g/mol. The van der Waals surface area contributed by atoms with Gasteiger partial charge in [0, 0.05) is 29.7 Å². The van der Waals surface area contributed by atoms with Gasteiger partial charge in [0.2, 0.25) is 5.91 Å². The minimum absolute atomic E-state index is 0.0115. The summed E-state index contributed by atoms with van der Waals surface area (Å²) in [5.41, 5.74) is 2.42. The van der Waals surface area contributed by atoms with Crippen LogP contribution in [0, 0.1) is 11.3 Å². The maximum absolute atomic E-state index is 13.1. The standard InChI is InChI=1S/C23H23N3O4S/c1-28-16-6-4-15(5-7-16)25-13-26-22(27)11-19(20(12-24)23(26)31-14-25)18-9-8-17(29-2)10-21(18)30-3/h4-10,19H,11,13-14H2,1-3H3/t19-/m0/s1. The van der Waals surface area contributed by atoms with Crippen molar-refractivity contribution in [2.45, 2.75) is 12.3 Å². The molecule has 2 aromatic rings. The van der Waals surface area contributed by atoms with E-state index in [0.29, 0.717) is 29.6 Å². The van der Waals surface area contributed by atoms with Crippen LogP contribution in [0.5, 0.6) is 17.2 Å². The summed E-state index contributed by atoms with van der Waals surface area (Å²) in [7, 11) is 4.80. The third kappa shape index (κ3) is 3.89. The molecule has 8 heteroatoms. The molecule has 1 saturated heterocycles. The van der Waals surface area contributed by atoms with E-state index < -0.39 is 0 Å². The average Bonchev–Trinajstić information content (AvgIpc) is 2.83. The van der Waals surface area contributed by atoms with E-state index in [-0.39, 0.29) is 18.2 Å². The molecule has 7 nitrogen and oxygen atoms in total. The van der Waals surface area contributed by atoms with Crippen molar-refractivity contribution in [1.82, 2.24) is 4.90 Å². The summed E-state index contributed by atoms with van der Waals surface area (Å²) in [6.07, 6.45) is 0.214. The van der Waals surface area contributed by atoms with Gasteiger partial charge in [-0.05, 0) is 30.3 Å². The van der Waals surface area contributed by atoms with Crippen molar-refractivity contribution in [2.24, 2.45) is 0 Å². The number of ether oxygens (including phenoxy) is 3. The molecule has 0 bridgehead atoms. The van der Waals surface area contributed by atoms with Crippen molar-refractivity contribution >= 4 is 23.4 Å². The van der Waals surface area contributed by atoms with Gasteiger partial charge in [-0.15, -0.1) is 0 Å². The Morgan fingerprint density at radius 3 is 2.39 bits per heavy atom. The number of allylic oxidation sites excluding steroid dienone is 1. The number of carbonyl (C=O) groups is 1. The SMILES string of the molecule is COc1ccc(N2CSC3=C(C#N)[C@H](c4ccc(OC)cc4OC)CC(=O)N3C2)cc1. The second kappa shape index (κ2) is 8.82. The van der Waals surface area contributed by atoms with Gasteiger partial charge in [0.25, 0.3) is 0 Å². The molecule has 1 fully saturated rings. The maximum atomic E-state index is 13.1. The minimum atomic E-state index is -0.343. The molecule has 0 unspecified atom stereocenters. The van der Waals surface area contributed by atoms with Crippen LogP contribution in [0.15, 0.2) is 53.1 Å². The zero-order chi connectivity index (χ0) is 22.0. The number of anilines is 1. The number of carbonyl (C=O) groups excluding carboxylic acids is 1. The monoisotopic (exact) mass is 437 g/mol. The van der Waals surface area contributed by atoms with Gasteiger partial charge in [0.1, 0.15) is 17.2 Å². The van der Waals surface area contributed by atoms with Crippen molar-refractivity contribution in [1.29, 1.82) is 5.26 Å². The van der Waals surface area contributed by atoms with Gasteiger partial charge in [-0.25, -0.2) is 0 Å². The Morgan fingerprint density at radius 2 is 1.74 bits per heavy atom. The Kier molecular flexibility index (Phi) is 5.96. The fraction of sp³-hybridized carbons (Fsp3) is 0.304. The predicted molar refractivity (Wildman–Crippen MR) is 119 cm³/mol. The molecule has 4 rings (SSSR count). The number of fused-ring (bicyclic) bond motifs is 1. The molecule has 160 valence electrons. The lowest BCUT2D eigenvalue weighted by atomic mass is 9.86. The van der Waals surface area contributed by atoms with Gasteiger partial charge in [0.05, 0.1) is 50.5 Å². The predicted octanol–water partition coefficient (Wildman–Crippen LogP) is 3.93. The zero-order valence-electron chi connectivity index (χ0n) is 17.6. The number of nitriles is 1.